The van der Waals surface area contributed by atoms with Crippen LogP contribution in [0.2, 0.25) is 0 Å². The molecule has 0 fully saturated rings. The minimum Gasteiger partial charge on any atom is -0.472 e. The smallest absolute Gasteiger partial charge is 0.272 e. The maximum atomic E-state index is 12.1. The van der Waals surface area contributed by atoms with Crippen molar-refractivity contribution >= 4 is 11.6 Å². The number of hydrogen-bond donors (Lipinski definition) is 1. The molecule has 1 N–H and O–H groups in total. The minimum atomic E-state index is -2.60. The Morgan fingerprint density at radius 3 is 3.00 bits per heavy atom. The number of imidazole rings is 1. The number of pyridine rings is 2. The van der Waals surface area contributed by atoms with Crippen LogP contribution in [0.25, 0.3) is 5.65 Å². The molecule has 8 heteroatoms. The van der Waals surface area contributed by atoms with Gasteiger partial charge < -0.3 is 14.5 Å². The quantitative estimate of drug-likeness (QED) is 0.752. The Hall–Kier alpha value is -3.03. The predicted molar refractivity (Wildman–Crippen MR) is 82.1 cm³/mol. The van der Waals surface area contributed by atoms with Gasteiger partial charge in [0.15, 0.2) is 6.61 Å². The van der Waals surface area contributed by atoms with E-state index in [1.54, 1.807) is 6.20 Å². The van der Waals surface area contributed by atoms with Crippen molar-refractivity contribution in [1.82, 2.24) is 19.7 Å². The maximum absolute atomic E-state index is 12.1. The Labute approximate surface area is 136 Å². The third-order valence-electron chi connectivity index (χ3n) is 3.23. The Balaban J connectivity index is 1.62. The Kier molecular flexibility index (Phi) is 4.64. The fourth-order valence-corrected chi connectivity index (χ4v) is 2.11. The van der Waals surface area contributed by atoms with Gasteiger partial charge in [-0.15, -0.1) is 0 Å². The number of hydrogen-bond acceptors (Lipinski definition) is 4. The summed E-state index contributed by atoms with van der Waals surface area (Å²) in [5.74, 6) is -0.428. The molecule has 0 aromatic carbocycles. The molecule has 24 heavy (non-hydrogen) atoms. The Bertz CT molecular complexity index is 851. The number of nitrogens with zero attached hydrogens (tertiary/aromatic N) is 3. The number of aromatic nitrogens is 3. The topological polar surface area (TPSA) is 68.5 Å². The first kappa shape index (κ1) is 15.9. The van der Waals surface area contributed by atoms with Gasteiger partial charge in [0.05, 0.1) is 0 Å². The number of carbonyl (C=O) groups excluding carboxylic acids is 1. The molecule has 0 radical (unpaired) electrons. The second-order valence-electron chi connectivity index (χ2n) is 4.97. The summed E-state index contributed by atoms with van der Waals surface area (Å²) in [4.78, 5) is 20.2. The lowest BCUT2D eigenvalue weighted by molar-refractivity contribution is 0.0792. The lowest BCUT2D eigenvalue weighted by atomic mass is 10.2. The number of fused-ring (bicyclic) bond motifs is 1. The van der Waals surface area contributed by atoms with Gasteiger partial charge in [-0.3, -0.25) is 4.79 Å². The summed E-state index contributed by atoms with van der Waals surface area (Å²) >= 11 is 0. The predicted octanol–water partition coefficient (Wildman–Crippen LogP) is 2.30. The van der Waals surface area contributed by atoms with Crippen LogP contribution in [-0.2, 0) is 6.54 Å². The van der Waals surface area contributed by atoms with Crippen molar-refractivity contribution < 1.29 is 18.3 Å². The number of amides is 1. The molecule has 6 nitrogen and oxygen atoms in total. The van der Waals surface area contributed by atoms with E-state index in [1.807, 2.05) is 28.9 Å². The zero-order valence-corrected chi connectivity index (χ0v) is 12.5. The van der Waals surface area contributed by atoms with Gasteiger partial charge >= 0.3 is 0 Å². The maximum Gasteiger partial charge on any atom is 0.272 e. The molecule has 124 valence electrons. The van der Waals surface area contributed by atoms with Gasteiger partial charge in [-0.2, -0.15) is 0 Å². The van der Waals surface area contributed by atoms with Gasteiger partial charge in [-0.25, -0.2) is 18.7 Å². The van der Waals surface area contributed by atoms with Gasteiger partial charge in [0, 0.05) is 31.2 Å². The molecule has 0 saturated carbocycles. The van der Waals surface area contributed by atoms with Crippen molar-refractivity contribution in [3.8, 4) is 5.88 Å². The highest BCUT2D eigenvalue weighted by atomic mass is 19.3. The van der Waals surface area contributed by atoms with Crippen molar-refractivity contribution in [2.45, 2.75) is 13.0 Å². The number of alkyl halides is 2. The average Bonchev–Trinajstić information content (AvgIpc) is 3.06. The third kappa shape index (κ3) is 3.83. The second kappa shape index (κ2) is 7.03. The van der Waals surface area contributed by atoms with Crippen LogP contribution >= 0.6 is 0 Å². The molecule has 3 rings (SSSR count). The van der Waals surface area contributed by atoms with E-state index in [4.69, 9.17) is 4.74 Å². The summed E-state index contributed by atoms with van der Waals surface area (Å²) < 4.78 is 30.9. The van der Waals surface area contributed by atoms with E-state index in [9.17, 15) is 13.6 Å². The van der Waals surface area contributed by atoms with E-state index in [-0.39, 0.29) is 11.6 Å². The van der Waals surface area contributed by atoms with Crippen molar-refractivity contribution in [3.05, 3.63) is 60.2 Å². The van der Waals surface area contributed by atoms with E-state index in [1.165, 1.54) is 18.2 Å². The Morgan fingerprint density at radius 1 is 1.29 bits per heavy atom. The molecule has 0 spiro atoms. The highest BCUT2D eigenvalue weighted by molar-refractivity contribution is 5.92. The van der Waals surface area contributed by atoms with Crippen LogP contribution < -0.4 is 10.1 Å². The zero-order valence-electron chi connectivity index (χ0n) is 12.5. The van der Waals surface area contributed by atoms with Crippen molar-refractivity contribution in [2.24, 2.45) is 0 Å². The van der Waals surface area contributed by atoms with Gasteiger partial charge in [0.25, 0.3) is 12.3 Å². The number of halogens is 2. The molecule has 0 bridgehead atoms. The number of ether oxygens (including phenoxy) is 1. The van der Waals surface area contributed by atoms with E-state index >= 15 is 0 Å². The number of nitrogens with one attached hydrogen (secondary N) is 1. The molecule has 3 aromatic heterocycles. The van der Waals surface area contributed by atoms with E-state index in [0.717, 1.165) is 11.2 Å². The molecule has 0 aliphatic heterocycles. The van der Waals surface area contributed by atoms with Crippen molar-refractivity contribution in [2.75, 3.05) is 6.61 Å². The summed E-state index contributed by atoms with van der Waals surface area (Å²) in [6.07, 6.45) is 2.77. The number of carbonyl (C=O) groups is 1. The molecule has 3 aromatic rings. The lowest BCUT2D eigenvalue weighted by Crippen LogP contribution is -2.24. The van der Waals surface area contributed by atoms with Crippen LogP contribution in [0.1, 0.15) is 16.1 Å². The summed E-state index contributed by atoms with van der Waals surface area (Å²) in [5, 5.41) is 2.72. The largest absolute Gasteiger partial charge is 0.472 e. The van der Waals surface area contributed by atoms with Crippen LogP contribution in [0, 0.1) is 0 Å². The fraction of sp³-hybridized carbons (Fsp3) is 0.188. The lowest BCUT2D eigenvalue weighted by Gasteiger charge is -2.08. The SMILES string of the molecule is O=C(NCc1ccn2ccnc2c1)c1cccc(OCC(F)F)n1. The molecule has 0 saturated heterocycles. The van der Waals surface area contributed by atoms with Crippen LogP contribution in [0.5, 0.6) is 5.88 Å². The van der Waals surface area contributed by atoms with Crippen molar-refractivity contribution in [3.63, 3.8) is 0 Å². The minimum absolute atomic E-state index is 0.0123. The normalized spacial score (nSPS) is 11.0. The van der Waals surface area contributed by atoms with Gasteiger partial charge in [-0.1, -0.05) is 6.07 Å². The van der Waals surface area contributed by atoms with Crippen LogP contribution in [0.4, 0.5) is 8.78 Å². The summed E-state index contributed by atoms with van der Waals surface area (Å²) in [7, 11) is 0. The van der Waals surface area contributed by atoms with Gasteiger partial charge in [0.1, 0.15) is 11.3 Å². The van der Waals surface area contributed by atoms with Gasteiger partial charge in [-0.05, 0) is 23.8 Å². The molecule has 3 heterocycles. The monoisotopic (exact) mass is 332 g/mol. The first-order valence-corrected chi connectivity index (χ1v) is 7.19. The second-order valence-corrected chi connectivity index (χ2v) is 4.97. The molecule has 0 unspecified atom stereocenters. The number of rotatable bonds is 6. The Morgan fingerprint density at radius 2 is 2.17 bits per heavy atom. The first-order chi connectivity index (χ1) is 11.6. The van der Waals surface area contributed by atoms with Crippen LogP contribution in [-0.4, -0.2) is 33.3 Å². The molecular weight excluding hydrogens is 318 g/mol. The standard InChI is InChI=1S/C16H14F2N4O2/c17-13(18)10-24-15-3-1-2-12(21-15)16(23)20-9-11-4-6-22-7-5-19-14(22)8-11/h1-8,13H,9-10H2,(H,20,23). The highest BCUT2D eigenvalue weighted by Gasteiger charge is 2.10. The van der Waals surface area contributed by atoms with E-state index in [0.29, 0.717) is 6.54 Å². The summed E-state index contributed by atoms with van der Waals surface area (Å²) in [6.45, 7) is -0.464. The zero-order chi connectivity index (χ0) is 16.9. The highest BCUT2D eigenvalue weighted by Crippen LogP contribution is 2.10. The van der Waals surface area contributed by atoms with Crippen LogP contribution in [0.15, 0.2) is 48.9 Å². The third-order valence-corrected chi connectivity index (χ3v) is 3.23. The van der Waals surface area contributed by atoms with Crippen molar-refractivity contribution in [1.29, 1.82) is 0 Å². The average molecular weight is 332 g/mol. The molecule has 0 aliphatic carbocycles. The summed E-state index contributed by atoms with van der Waals surface area (Å²) in [5.41, 5.74) is 1.76. The van der Waals surface area contributed by atoms with E-state index < -0.39 is 18.9 Å². The first-order valence-electron chi connectivity index (χ1n) is 7.19. The molecular formula is C16H14F2N4O2. The van der Waals surface area contributed by atoms with Crippen LogP contribution in [0.3, 0.4) is 0 Å². The fourth-order valence-electron chi connectivity index (χ4n) is 2.11. The molecule has 1 amide bonds. The van der Waals surface area contributed by atoms with E-state index in [2.05, 4.69) is 15.3 Å². The molecule has 0 aliphatic rings. The van der Waals surface area contributed by atoms with Gasteiger partial charge in [0.2, 0.25) is 5.88 Å². The summed E-state index contributed by atoms with van der Waals surface area (Å²) in [6, 6.07) is 8.16. The molecule has 0 atom stereocenters.